The monoisotopic (exact) mass is 224 g/mol. The standard InChI is InChI=1S/C11H16N2OS/c1-2-10(14)3-4-13-7-11-5-9(6-12)8-15-11/h5,8,10,13-14H,2-4,7H2,1H3. The third kappa shape index (κ3) is 4.43. The van der Waals surface area contributed by atoms with E-state index < -0.39 is 0 Å². The maximum atomic E-state index is 9.32. The minimum Gasteiger partial charge on any atom is -0.393 e. The Morgan fingerprint density at radius 1 is 1.67 bits per heavy atom. The van der Waals surface area contributed by atoms with Crippen molar-refractivity contribution in [1.82, 2.24) is 5.32 Å². The Hall–Kier alpha value is -0.890. The second kappa shape index (κ2) is 6.57. The van der Waals surface area contributed by atoms with Crippen LogP contribution in [0.2, 0.25) is 0 Å². The van der Waals surface area contributed by atoms with Crippen molar-refractivity contribution in [3.63, 3.8) is 0 Å². The SMILES string of the molecule is CCC(O)CCNCc1cc(C#N)cs1. The third-order valence-electron chi connectivity index (χ3n) is 2.21. The van der Waals surface area contributed by atoms with Gasteiger partial charge in [-0.2, -0.15) is 5.26 Å². The van der Waals surface area contributed by atoms with Crippen LogP contribution < -0.4 is 5.32 Å². The smallest absolute Gasteiger partial charge is 0.100 e. The zero-order valence-corrected chi connectivity index (χ0v) is 9.68. The molecule has 0 spiro atoms. The van der Waals surface area contributed by atoms with Gasteiger partial charge in [0.1, 0.15) is 6.07 Å². The maximum Gasteiger partial charge on any atom is 0.100 e. The Kier molecular flexibility index (Phi) is 5.33. The number of nitriles is 1. The first-order chi connectivity index (χ1) is 7.26. The first-order valence-corrected chi connectivity index (χ1v) is 6.00. The quantitative estimate of drug-likeness (QED) is 0.725. The van der Waals surface area contributed by atoms with Gasteiger partial charge in [-0.1, -0.05) is 6.92 Å². The lowest BCUT2D eigenvalue weighted by molar-refractivity contribution is 0.160. The van der Waals surface area contributed by atoms with Crippen LogP contribution in [-0.2, 0) is 6.54 Å². The van der Waals surface area contributed by atoms with Crippen molar-refractivity contribution < 1.29 is 5.11 Å². The molecule has 0 aromatic carbocycles. The number of nitrogens with zero attached hydrogens (tertiary/aromatic N) is 1. The fourth-order valence-electron chi connectivity index (χ4n) is 1.22. The third-order valence-corrected chi connectivity index (χ3v) is 3.14. The lowest BCUT2D eigenvalue weighted by Crippen LogP contribution is -2.19. The molecule has 1 heterocycles. The predicted octanol–water partition coefficient (Wildman–Crippen LogP) is 1.87. The molecule has 0 aliphatic carbocycles. The van der Waals surface area contributed by atoms with Gasteiger partial charge in [-0.15, -0.1) is 11.3 Å². The van der Waals surface area contributed by atoms with Crippen molar-refractivity contribution in [2.75, 3.05) is 6.54 Å². The molecular weight excluding hydrogens is 208 g/mol. The number of aliphatic hydroxyl groups excluding tert-OH is 1. The molecule has 1 aromatic rings. The van der Waals surface area contributed by atoms with Gasteiger partial charge < -0.3 is 10.4 Å². The number of rotatable bonds is 6. The van der Waals surface area contributed by atoms with E-state index in [1.807, 2.05) is 18.4 Å². The molecule has 1 unspecified atom stereocenters. The fourth-order valence-corrected chi connectivity index (χ4v) is 2.00. The number of hydrogen-bond acceptors (Lipinski definition) is 4. The highest BCUT2D eigenvalue weighted by molar-refractivity contribution is 7.10. The molecule has 1 rings (SSSR count). The first-order valence-electron chi connectivity index (χ1n) is 5.12. The summed E-state index contributed by atoms with van der Waals surface area (Å²) in [5.74, 6) is 0. The molecule has 0 aliphatic heterocycles. The zero-order chi connectivity index (χ0) is 11.1. The summed E-state index contributed by atoms with van der Waals surface area (Å²) in [6.07, 6.45) is 1.39. The van der Waals surface area contributed by atoms with Crippen molar-refractivity contribution in [2.45, 2.75) is 32.4 Å². The molecule has 0 saturated carbocycles. The van der Waals surface area contributed by atoms with Crippen molar-refractivity contribution in [3.05, 3.63) is 21.9 Å². The lowest BCUT2D eigenvalue weighted by atomic mass is 10.2. The highest BCUT2D eigenvalue weighted by atomic mass is 32.1. The predicted molar refractivity (Wildman–Crippen MR) is 61.7 cm³/mol. The summed E-state index contributed by atoms with van der Waals surface area (Å²) < 4.78 is 0. The Morgan fingerprint density at radius 3 is 3.07 bits per heavy atom. The van der Waals surface area contributed by atoms with Gasteiger partial charge in [0.05, 0.1) is 11.7 Å². The molecule has 2 N–H and O–H groups in total. The molecule has 15 heavy (non-hydrogen) atoms. The van der Waals surface area contributed by atoms with Crippen LogP contribution in [-0.4, -0.2) is 17.8 Å². The van der Waals surface area contributed by atoms with E-state index in [2.05, 4.69) is 11.4 Å². The lowest BCUT2D eigenvalue weighted by Gasteiger charge is -2.07. The molecule has 0 bridgehead atoms. The molecule has 0 saturated heterocycles. The van der Waals surface area contributed by atoms with E-state index in [1.54, 1.807) is 11.3 Å². The Morgan fingerprint density at radius 2 is 2.47 bits per heavy atom. The average molecular weight is 224 g/mol. The number of hydrogen-bond donors (Lipinski definition) is 2. The van der Waals surface area contributed by atoms with Gasteiger partial charge in [0.15, 0.2) is 0 Å². The van der Waals surface area contributed by atoms with Crippen LogP contribution in [0.4, 0.5) is 0 Å². The molecular formula is C11H16N2OS. The van der Waals surface area contributed by atoms with Crippen LogP contribution in [0.25, 0.3) is 0 Å². The van der Waals surface area contributed by atoms with Gasteiger partial charge >= 0.3 is 0 Å². The summed E-state index contributed by atoms with van der Waals surface area (Å²) in [6, 6.07) is 4.00. The largest absolute Gasteiger partial charge is 0.393 e. The minimum atomic E-state index is -0.199. The molecule has 1 atom stereocenters. The molecule has 1 aromatic heterocycles. The van der Waals surface area contributed by atoms with Crippen LogP contribution in [0.5, 0.6) is 0 Å². The molecule has 0 amide bonds. The zero-order valence-electron chi connectivity index (χ0n) is 8.86. The van der Waals surface area contributed by atoms with E-state index >= 15 is 0 Å². The van der Waals surface area contributed by atoms with E-state index in [9.17, 15) is 5.11 Å². The summed E-state index contributed by atoms with van der Waals surface area (Å²) in [7, 11) is 0. The molecule has 82 valence electrons. The Bertz CT molecular complexity index is 330. The van der Waals surface area contributed by atoms with Crippen molar-refractivity contribution in [3.8, 4) is 6.07 Å². The molecule has 4 heteroatoms. The van der Waals surface area contributed by atoms with Gasteiger partial charge in [-0.25, -0.2) is 0 Å². The van der Waals surface area contributed by atoms with Gasteiger partial charge in [0.2, 0.25) is 0 Å². The van der Waals surface area contributed by atoms with Crippen LogP contribution in [0, 0.1) is 11.3 Å². The van der Waals surface area contributed by atoms with Crippen LogP contribution in [0.3, 0.4) is 0 Å². The van der Waals surface area contributed by atoms with Gasteiger partial charge in [-0.3, -0.25) is 0 Å². The topological polar surface area (TPSA) is 56.0 Å². The second-order valence-electron chi connectivity index (χ2n) is 3.44. The molecule has 0 aliphatic rings. The van der Waals surface area contributed by atoms with Crippen molar-refractivity contribution in [1.29, 1.82) is 5.26 Å². The molecule has 3 nitrogen and oxygen atoms in total. The van der Waals surface area contributed by atoms with Gasteiger partial charge in [0, 0.05) is 16.8 Å². The van der Waals surface area contributed by atoms with Crippen molar-refractivity contribution >= 4 is 11.3 Å². The van der Waals surface area contributed by atoms with Crippen LogP contribution in [0.1, 0.15) is 30.2 Å². The summed E-state index contributed by atoms with van der Waals surface area (Å²) in [5.41, 5.74) is 0.727. The van der Waals surface area contributed by atoms with Crippen LogP contribution in [0.15, 0.2) is 11.4 Å². The highest BCUT2D eigenvalue weighted by Gasteiger charge is 2.01. The highest BCUT2D eigenvalue weighted by Crippen LogP contribution is 2.13. The van der Waals surface area contributed by atoms with E-state index in [4.69, 9.17) is 5.26 Å². The van der Waals surface area contributed by atoms with Crippen LogP contribution >= 0.6 is 11.3 Å². The number of aliphatic hydroxyl groups is 1. The van der Waals surface area contributed by atoms with E-state index in [0.29, 0.717) is 0 Å². The molecule has 0 radical (unpaired) electrons. The summed E-state index contributed by atoms with van der Waals surface area (Å²) in [5, 5.41) is 23.1. The maximum absolute atomic E-state index is 9.32. The van der Waals surface area contributed by atoms with E-state index in [0.717, 1.165) is 36.4 Å². The van der Waals surface area contributed by atoms with E-state index in [-0.39, 0.29) is 6.10 Å². The summed E-state index contributed by atoms with van der Waals surface area (Å²) in [6.45, 7) is 3.57. The summed E-state index contributed by atoms with van der Waals surface area (Å²) >= 11 is 1.59. The summed E-state index contributed by atoms with van der Waals surface area (Å²) in [4.78, 5) is 1.16. The Balaban J connectivity index is 2.18. The molecule has 0 fully saturated rings. The normalized spacial score (nSPS) is 12.3. The Labute approximate surface area is 94.4 Å². The van der Waals surface area contributed by atoms with E-state index in [1.165, 1.54) is 0 Å². The second-order valence-corrected chi connectivity index (χ2v) is 4.44. The first kappa shape index (κ1) is 12.2. The minimum absolute atomic E-state index is 0.199. The van der Waals surface area contributed by atoms with Crippen molar-refractivity contribution in [2.24, 2.45) is 0 Å². The fraction of sp³-hybridized carbons (Fsp3) is 0.545. The number of nitrogens with one attached hydrogen (secondary N) is 1. The average Bonchev–Trinajstić information content (AvgIpc) is 2.72. The van der Waals surface area contributed by atoms with Gasteiger partial charge in [0.25, 0.3) is 0 Å². The number of thiophene rings is 1. The van der Waals surface area contributed by atoms with Gasteiger partial charge in [-0.05, 0) is 25.5 Å².